The summed E-state index contributed by atoms with van der Waals surface area (Å²) in [7, 11) is -2.07. The molecular formula is C35H36F6N4O7S2. The van der Waals surface area contributed by atoms with Crippen LogP contribution in [-0.4, -0.2) is 68.3 Å². The number of sulfonamides is 1. The van der Waals surface area contributed by atoms with E-state index in [0.29, 0.717) is 47.1 Å². The van der Waals surface area contributed by atoms with Crippen LogP contribution in [0.4, 0.5) is 36.3 Å². The predicted octanol–water partition coefficient (Wildman–Crippen LogP) is 7.81. The molecule has 1 saturated heterocycles. The number of carbonyl (C=O) groups is 1. The number of piperidine rings is 1. The van der Waals surface area contributed by atoms with Crippen LogP contribution in [0.25, 0.3) is 0 Å². The average molecular weight is 803 g/mol. The molecule has 11 nitrogen and oxygen atoms in total. The summed E-state index contributed by atoms with van der Waals surface area (Å²) in [6, 6.07) is 8.16. The molecule has 0 radical (unpaired) electrons. The van der Waals surface area contributed by atoms with Crippen LogP contribution in [0.5, 0.6) is 17.2 Å². The van der Waals surface area contributed by atoms with E-state index in [9.17, 15) is 30.8 Å². The Morgan fingerprint density at radius 3 is 2.33 bits per heavy atom. The zero-order chi connectivity index (χ0) is 39.6. The fourth-order valence-corrected chi connectivity index (χ4v) is 8.12. The zero-order valence-corrected chi connectivity index (χ0v) is 31.3. The Morgan fingerprint density at radius 2 is 1.70 bits per heavy atom. The number of halogens is 6. The number of hydrogen-bond acceptors (Lipinski definition) is 10. The molecule has 1 fully saturated rings. The number of carbonyl (C=O) groups excluding carboxylic acids is 1. The zero-order valence-electron chi connectivity index (χ0n) is 29.6. The summed E-state index contributed by atoms with van der Waals surface area (Å²) in [5.74, 6) is -5.72. The van der Waals surface area contributed by atoms with E-state index in [1.807, 2.05) is 0 Å². The van der Waals surface area contributed by atoms with Crippen molar-refractivity contribution in [3.63, 3.8) is 0 Å². The van der Waals surface area contributed by atoms with Gasteiger partial charge in [-0.05, 0) is 62.9 Å². The monoisotopic (exact) mass is 802 g/mol. The third kappa shape index (κ3) is 9.11. The molecule has 1 aromatic heterocycles. The van der Waals surface area contributed by atoms with E-state index >= 15 is 8.78 Å². The van der Waals surface area contributed by atoms with Crippen molar-refractivity contribution in [3.8, 4) is 17.2 Å². The number of hydrogen-bond donors (Lipinski definition) is 0. The van der Waals surface area contributed by atoms with Crippen LogP contribution < -0.4 is 18.5 Å². The normalized spacial score (nSPS) is 16.5. The van der Waals surface area contributed by atoms with Gasteiger partial charge in [0.05, 0.1) is 32.9 Å². The molecule has 292 valence electrons. The number of methoxy groups -OCH3 is 2. The smallest absolute Gasteiger partial charge is 0.419 e. The molecule has 2 heterocycles. The Balaban J connectivity index is 1.44. The highest BCUT2D eigenvalue weighted by molar-refractivity contribution is 7.93. The van der Waals surface area contributed by atoms with Crippen molar-refractivity contribution in [2.24, 2.45) is 5.92 Å². The number of alkyl halides is 3. The van der Waals surface area contributed by atoms with Crippen molar-refractivity contribution in [1.82, 2.24) is 14.3 Å². The Kier molecular flexibility index (Phi) is 11.9. The molecule has 5 rings (SSSR count). The van der Waals surface area contributed by atoms with Gasteiger partial charge in [0.1, 0.15) is 40.0 Å². The molecule has 1 aliphatic rings. The summed E-state index contributed by atoms with van der Waals surface area (Å²) >= 11 is 0.695. The minimum atomic E-state index is -4.99. The van der Waals surface area contributed by atoms with E-state index < -0.39 is 86.5 Å². The van der Waals surface area contributed by atoms with Crippen LogP contribution in [0.2, 0.25) is 0 Å². The van der Waals surface area contributed by atoms with Gasteiger partial charge in [0.2, 0.25) is 5.13 Å². The Bertz CT molecular complexity index is 2080. The lowest BCUT2D eigenvalue weighted by molar-refractivity contribution is -0.140. The molecule has 3 aromatic carbocycles. The fourth-order valence-electron chi connectivity index (χ4n) is 5.93. The van der Waals surface area contributed by atoms with Crippen molar-refractivity contribution in [2.45, 2.75) is 56.3 Å². The van der Waals surface area contributed by atoms with Crippen molar-refractivity contribution in [2.75, 3.05) is 38.2 Å². The number of benzene rings is 3. The van der Waals surface area contributed by atoms with Crippen molar-refractivity contribution in [1.29, 1.82) is 0 Å². The second-order valence-electron chi connectivity index (χ2n) is 13.3. The lowest BCUT2D eigenvalue weighted by atomic mass is 9.80. The molecule has 0 bridgehead atoms. The minimum Gasteiger partial charge on any atom is -0.497 e. The highest BCUT2D eigenvalue weighted by atomic mass is 32.2. The standard InChI is InChI=1S/C35H36F6N4O7S2/c1-34(2,3)52-33(46)44-11-10-24(20-7-9-26(36)25(12-20)35(39,40)41)22(16-44)18-51-30-14-28(38)31(15-27(30)37)54(47,48)45(32-42-19-43-53-32)17-21-6-8-23(49-4)13-29(21)50-5/h6-9,12-15,19,22,24H,10-11,16-18H2,1-5H3/t22-,24-/m0/s1. The van der Waals surface area contributed by atoms with E-state index in [1.54, 1.807) is 26.8 Å². The maximum atomic E-state index is 15.8. The Hall–Kier alpha value is -4.78. The molecule has 19 heteroatoms. The van der Waals surface area contributed by atoms with Gasteiger partial charge in [0, 0.05) is 54.3 Å². The number of nitrogens with zero attached hydrogens (tertiary/aromatic N) is 4. The van der Waals surface area contributed by atoms with E-state index in [-0.39, 0.29) is 36.0 Å². The summed E-state index contributed by atoms with van der Waals surface area (Å²) in [6.45, 7) is 4.02. The number of likely N-dealkylation sites (tertiary alicyclic amines) is 1. The van der Waals surface area contributed by atoms with Crippen LogP contribution in [-0.2, 0) is 27.5 Å². The first kappa shape index (κ1) is 40.4. The Labute approximate surface area is 311 Å². The van der Waals surface area contributed by atoms with Crippen LogP contribution >= 0.6 is 11.5 Å². The Morgan fingerprint density at radius 1 is 0.963 bits per heavy atom. The maximum Gasteiger partial charge on any atom is 0.419 e. The third-order valence-corrected chi connectivity index (χ3v) is 11.0. The molecule has 2 atom stereocenters. The van der Waals surface area contributed by atoms with Gasteiger partial charge in [-0.1, -0.05) is 6.07 Å². The number of aromatic nitrogens is 2. The molecular weight excluding hydrogens is 767 g/mol. The highest BCUT2D eigenvalue weighted by Crippen LogP contribution is 2.39. The first-order chi connectivity index (χ1) is 25.3. The molecule has 0 saturated carbocycles. The predicted molar refractivity (Wildman–Crippen MR) is 185 cm³/mol. The number of ether oxygens (including phenoxy) is 4. The second kappa shape index (κ2) is 15.9. The average Bonchev–Trinajstić information content (AvgIpc) is 3.64. The third-order valence-electron chi connectivity index (χ3n) is 8.49. The summed E-state index contributed by atoms with van der Waals surface area (Å²) in [5, 5.41) is -0.152. The van der Waals surface area contributed by atoms with Crippen molar-refractivity contribution >= 4 is 32.8 Å². The SMILES string of the molecule is COc1ccc(CN(c2ncns2)S(=O)(=O)c2cc(F)c(OC[C@@H]3CN(C(=O)OC(C)(C)C)CC[C@H]3c3ccc(F)c(C(F)(F)F)c3)cc2F)c(OC)c1. The van der Waals surface area contributed by atoms with Gasteiger partial charge in [-0.15, -0.1) is 0 Å². The van der Waals surface area contributed by atoms with E-state index in [0.717, 1.165) is 10.6 Å². The summed E-state index contributed by atoms with van der Waals surface area (Å²) < 4.78 is 141. The second-order valence-corrected chi connectivity index (χ2v) is 15.8. The van der Waals surface area contributed by atoms with Gasteiger partial charge < -0.3 is 23.8 Å². The molecule has 0 spiro atoms. The molecule has 54 heavy (non-hydrogen) atoms. The fraction of sp³-hybridized carbons (Fsp3) is 0.400. The topological polar surface area (TPSA) is 120 Å². The van der Waals surface area contributed by atoms with Crippen LogP contribution in [0, 0.1) is 23.4 Å². The van der Waals surface area contributed by atoms with Gasteiger partial charge in [0.25, 0.3) is 10.0 Å². The lowest BCUT2D eigenvalue weighted by Gasteiger charge is -2.39. The maximum absolute atomic E-state index is 15.8. The highest BCUT2D eigenvalue weighted by Gasteiger charge is 2.39. The largest absolute Gasteiger partial charge is 0.497 e. The first-order valence-corrected chi connectivity index (χ1v) is 18.5. The molecule has 1 amide bonds. The van der Waals surface area contributed by atoms with Crippen LogP contribution in [0.1, 0.15) is 49.8 Å². The van der Waals surface area contributed by atoms with Gasteiger partial charge in [0.15, 0.2) is 11.6 Å². The quantitative estimate of drug-likeness (QED) is 0.140. The van der Waals surface area contributed by atoms with Crippen LogP contribution in [0.15, 0.2) is 59.8 Å². The van der Waals surface area contributed by atoms with Crippen LogP contribution in [0.3, 0.4) is 0 Å². The van der Waals surface area contributed by atoms with Gasteiger partial charge in [-0.2, -0.15) is 17.5 Å². The molecule has 0 N–H and O–H groups in total. The summed E-state index contributed by atoms with van der Waals surface area (Å²) in [5.41, 5.74) is -1.91. The molecule has 0 unspecified atom stereocenters. The van der Waals surface area contributed by atoms with Gasteiger partial charge in [-0.3, -0.25) is 0 Å². The van der Waals surface area contributed by atoms with Crippen molar-refractivity contribution in [3.05, 3.63) is 89.0 Å². The van der Waals surface area contributed by atoms with E-state index in [1.165, 1.54) is 37.3 Å². The van der Waals surface area contributed by atoms with Gasteiger partial charge in [-0.25, -0.2) is 35.7 Å². The number of amides is 1. The number of rotatable bonds is 11. The molecule has 0 aliphatic carbocycles. The van der Waals surface area contributed by atoms with E-state index in [4.69, 9.17) is 18.9 Å². The van der Waals surface area contributed by atoms with Gasteiger partial charge >= 0.3 is 12.3 Å². The van der Waals surface area contributed by atoms with Crippen molar-refractivity contribution < 1.29 is 58.5 Å². The molecule has 4 aromatic rings. The number of anilines is 1. The summed E-state index contributed by atoms with van der Waals surface area (Å²) in [4.78, 5) is 17.2. The summed E-state index contributed by atoms with van der Waals surface area (Å²) in [6.07, 6.45) is -4.50. The minimum absolute atomic E-state index is 0.0673. The molecule has 1 aliphatic heterocycles. The van der Waals surface area contributed by atoms with E-state index in [2.05, 4.69) is 9.36 Å². The first-order valence-electron chi connectivity index (χ1n) is 16.3. The lowest BCUT2D eigenvalue weighted by Crippen LogP contribution is -2.46.